The van der Waals surface area contributed by atoms with Crippen molar-refractivity contribution in [3.63, 3.8) is 0 Å². The summed E-state index contributed by atoms with van der Waals surface area (Å²) in [6.07, 6.45) is 7.30. The van der Waals surface area contributed by atoms with Crippen LogP contribution >= 0.6 is 0 Å². The van der Waals surface area contributed by atoms with E-state index in [0.29, 0.717) is 37.5 Å². The highest BCUT2D eigenvalue weighted by Crippen LogP contribution is 2.25. The van der Waals surface area contributed by atoms with Crippen molar-refractivity contribution in [1.29, 1.82) is 0 Å². The lowest BCUT2D eigenvalue weighted by Crippen LogP contribution is -2.38. The van der Waals surface area contributed by atoms with Gasteiger partial charge in [0.05, 0.1) is 18.1 Å². The average molecular weight is 477 g/mol. The number of rotatable bonds is 9. The molecular weight excluding hydrogens is 440 g/mol. The van der Waals surface area contributed by atoms with Crippen LogP contribution in [-0.2, 0) is 26.1 Å². The van der Waals surface area contributed by atoms with Crippen LogP contribution in [0.3, 0.4) is 0 Å². The Hall–Kier alpha value is -1.94. The summed E-state index contributed by atoms with van der Waals surface area (Å²) in [6.45, 7) is 6.95. The van der Waals surface area contributed by atoms with E-state index in [1.54, 1.807) is 16.4 Å². The van der Waals surface area contributed by atoms with Gasteiger partial charge in [-0.1, -0.05) is 12.8 Å². The number of sulfonamides is 1. The van der Waals surface area contributed by atoms with Gasteiger partial charge in [0.25, 0.3) is 0 Å². The van der Waals surface area contributed by atoms with Crippen molar-refractivity contribution < 1.29 is 17.9 Å². The normalized spacial score (nSPS) is 18.9. The number of benzene rings is 1. The quantitative estimate of drug-likeness (QED) is 0.562. The van der Waals surface area contributed by atoms with E-state index in [1.165, 1.54) is 0 Å². The van der Waals surface area contributed by atoms with Gasteiger partial charge in [-0.25, -0.2) is 8.42 Å². The summed E-state index contributed by atoms with van der Waals surface area (Å²) in [5, 5.41) is 3.89. The number of carbonyl (C=O) groups is 1. The highest BCUT2D eigenvalue weighted by Gasteiger charge is 2.25. The first-order chi connectivity index (χ1) is 16.0. The molecule has 0 spiro atoms. The molecule has 2 fully saturated rings. The molecule has 0 radical (unpaired) electrons. The maximum atomic E-state index is 13.1. The van der Waals surface area contributed by atoms with Gasteiger partial charge in [0.1, 0.15) is 0 Å². The Labute approximate surface area is 196 Å². The van der Waals surface area contributed by atoms with Crippen molar-refractivity contribution >= 4 is 26.8 Å². The molecule has 0 bridgehead atoms. The Morgan fingerprint density at radius 2 is 1.73 bits per heavy atom. The minimum atomic E-state index is -3.46. The van der Waals surface area contributed by atoms with Crippen molar-refractivity contribution in [2.24, 2.45) is 0 Å². The summed E-state index contributed by atoms with van der Waals surface area (Å²) < 4.78 is 35.2. The van der Waals surface area contributed by atoms with Crippen molar-refractivity contribution in [2.45, 2.75) is 50.0 Å². The first-order valence-electron chi connectivity index (χ1n) is 12.2. The lowest BCUT2D eigenvalue weighted by atomic mass is 10.2. The molecule has 1 N–H and O–H groups in total. The number of ether oxygens (including phenoxy) is 1. The van der Waals surface area contributed by atoms with E-state index in [9.17, 15) is 13.2 Å². The molecule has 2 aliphatic heterocycles. The van der Waals surface area contributed by atoms with Crippen molar-refractivity contribution in [3.8, 4) is 0 Å². The third-order valence-electron chi connectivity index (χ3n) is 6.60. The Balaban J connectivity index is 1.28. The van der Waals surface area contributed by atoms with E-state index in [4.69, 9.17) is 4.74 Å². The topological polar surface area (TPSA) is 83.9 Å². The highest BCUT2D eigenvalue weighted by molar-refractivity contribution is 7.89. The second-order valence-corrected chi connectivity index (χ2v) is 10.9. The molecule has 0 saturated carbocycles. The van der Waals surface area contributed by atoms with Crippen LogP contribution < -0.4 is 5.32 Å². The third-order valence-corrected chi connectivity index (χ3v) is 8.50. The van der Waals surface area contributed by atoms with Crippen LogP contribution in [0.5, 0.6) is 0 Å². The summed E-state index contributed by atoms with van der Waals surface area (Å²) >= 11 is 0. The predicted molar refractivity (Wildman–Crippen MR) is 129 cm³/mol. The fourth-order valence-electron chi connectivity index (χ4n) is 4.63. The smallest absolute Gasteiger partial charge is 0.243 e. The molecule has 33 heavy (non-hydrogen) atoms. The first-order valence-corrected chi connectivity index (χ1v) is 13.6. The van der Waals surface area contributed by atoms with Crippen LogP contribution in [0.4, 0.5) is 0 Å². The van der Waals surface area contributed by atoms with Crippen LogP contribution in [0, 0.1) is 0 Å². The molecule has 1 aromatic heterocycles. The second kappa shape index (κ2) is 11.5. The zero-order valence-corrected chi connectivity index (χ0v) is 20.2. The number of amides is 1. The molecule has 3 heterocycles. The Morgan fingerprint density at radius 1 is 0.970 bits per heavy atom. The van der Waals surface area contributed by atoms with Gasteiger partial charge in [0.2, 0.25) is 15.9 Å². The van der Waals surface area contributed by atoms with Gasteiger partial charge in [-0.3, -0.25) is 9.69 Å². The Kier molecular flexibility index (Phi) is 8.40. The van der Waals surface area contributed by atoms with Gasteiger partial charge in [-0.15, -0.1) is 0 Å². The van der Waals surface area contributed by atoms with E-state index >= 15 is 0 Å². The zero-order chi connectivity index (χ0) is 23.1. The van der Waals surface area contributed by atoms with Gasteiger partial charge >= 0.3 is 0 Å². The minimum Gasteiger partial charge on any atom is -0.379 e. The number of morpholine rings is 1. The average Bonchev–Trinajstić information content (AvgIpc) is 3.03. The predicted octanol–water partition coefficient (Wildman–Crippen LogP) is 2.43. The standard InChI is InChI=1S/C24H36N4O4S/c29-24(25-10-5-11-26-16-18-32-19-17-26)9-15-27-14-8-21-20-22(6-7-23(21)27)33(30,31)28-12-3-1-2-4-13-28/h6-8,14,20H,1-5,9-13,15-19H2,(H,25,29). The molecule has 9 heteroatoms. The van der Waals surface area contributed by atoms with Crippen LogP contribution in [0.2, 0.25) is 0 Å². The molecule has 1 aromatic carbocycles. The maximum Gasteiger partial charge on any atom is 0.243 e. The maximum absolute atomic E-state index is 13.1. The van der Waals surface area contributed by atoms with E-state index in [2.05, 4.69) is 10.2 Å². The Bertz CT molecular complexity index is 1020. The van der Waals surface area contributed by atoms with Gasteiger partial charge < -0.3 is 14.6 Å². The van der Waals surface area contributed by atoms with Crippen LogP contribution in [0.25, 0.3) is 10.9 Å². The monoisotopic (exact) mass is 476 g/mol. The molecule has 8 nitrogen and oxygen atoms in total. The van der Waals surface area contributed by atoms with Gasteiger partial charge in [0.15, 0.2) is 0 Å². The lowest BCUT2D eigenvalue weighted by molar-refractivity contribution is -0.121. The number of hydrogen-bond donors (Lipinski definition) is 1. The third kappa shape index (κ3) is 6.35. The fourth-order valence-corrected chi connectivity index (χ4v) is 6.18. The van der Waals surface area contributed by atoms with Gasteiger partial charge in [-0.05, 0) is 50.1 Å². The number of nitrogens with zero attached hydrogens (tertiary/aromatic N) is 3. The van der Waals surface area contributed by atoms with E-state index < -0.39 is 10.0 Å². The number of aromatic nitrogens is 1. The minimum absolute atomic E-state index is 0.0409. The molecule has 1 amide bonds. The highest BCUT2D eigenvalue weighted by atomic mass is 32.2. The van der Waals surface area contributed by atoms with Crippen molar-refractivity contribution in [2.75, 3.05) is 52.5 Å². The summed E-state index contributed by atoms with van der Waals surface area (Å²) in [5.74, 6) is 0.0409. The molecule has 0 atom stereocenters. The molecule has 2 saturated heterocycles. The van der Waals surface area contributed by atoms with Crippen molar-refractivity contribution in [3.05, 3.63) is 30.5 Å². The molecule has 0 aliphatic carbocycles. The lowest BCUT2D eigenvalue weighted by Gasteiger charge is -2.26. The largest absolute Gasteiger partial charge is 0.379 e. The molecular formula is C24H36N4O4S. The van der Waals surface area contributed by atoms with Gasteiger partial charge in [-0.2, -0.15) is 4.31 Å². The van der Waals surface area contributed by atoms with Crippen LogP contribution in [-0.4, -0.2) is 80.6 Å². The van der Waals surface area contributed by atoms with E-state index in [1.807, 2.05) is 22.9 Å². The molecule has 0 unspecified atom stereocenters. The SMILES string of the molecule is O=C(CCn1ccc2cc(S(=O)(=O)N3CCCCCC3)ccc21)NCCCN1CCOCC1. The molecule has 2 aromatic rings. The number of aryl methyl sites for hydroxylation is 1. The first kappa shape index (κ1) is 24.2. The number of fused-ring (bicyclic) bond motifs is 1. The van der Waals surface area contributed by atoms with Crippen LogP contribution in [0.15, 0.2) is 35.4 Å². The van der Waals surface area contributed by atoms with Gasteiger partial charge in [0, 0.05) is 62.8 Å². The van der Waals surface area contributed by atoms with Crippen LogP contribution in [0.1, 0.15) is 38.5 Å². The van der Waals surface area contributed by atoms with E-state index in [0.717, 1.165) is 75.9 Å². The summed E-state index contributed by atoms with van der Waals surface area (Å²) in [5.41, 5.74) is 0.949. The number of carbonyl (C=O) groups excluding carboxylic acids is 1. The van der Waals surface area contributed by atoms with Crippen molar-refractivity contribution in [1.82, 2.24) is 19.1 Å². The summed E-state index contributed by atoms with van der Waals surface area (Å²) in [7, 11) is -3.46. The summed E-state index contributed by atoms with van der Waals surface area (Å²) in [4.78, 5) is 15.0. The summed E-state index contributed by atoms with van der Waals surface area (Å²) in [6, 6.07) is 7.25. The molecule has 182 valence electrons. The molecule has 4 rings (SSSR count). The zero-order valence-electron chi connectivity index (χ0n) is 19.4. The second-order valence-electron chi connectivity index (χ2n) is 8.96. The van der Waals surface area contributed by atoms with E-state index in [-0.39, 0.29) is 5.91 Å². The fraction of sp³-hybridized carbons (Fsp3) is 0.625. The number of hydrogen-bond acceptors (Lipinski definition) is 5. The molecule has 2 aliphatic rings. The Morgan fingerprint density at radius 3 is 2.48 bits per heavy atom. The number of nitrogens with one attached hydrogen (secondary N) is 1.